The van der Waals surface area contributed by atoms with E-state index in [9.17, 15) is 26.4 Å². The van der Waals surface area contributed by atoms with E-state index in [1.807, 2.05) is 0 Å². The van der Waals surface area contributed by atoms with Gasteiger partial charge in [0.2, 0.25) is 10.0 Å². The van der Waals surface area contributed by atoms with E-state index < -0.39 is 38.0 Å². The number of nitrogens with zero attached hydrogens (tertiary/aromatic N) is 2. The number of anilines is 2. The predicted molar refractivity (Wildman–Crippen MR) is 148 cm³/mol. The first kappa shape index (κ1) is 29.2. The highest BCUT2D eigenvalue weighted by molar-refractivity contribution is 7.92. The van der Waals surface area contributed by atoms with E-state index in [2.05, 4.69) is 5.32 Å². The summed E-state index contributed by atoms with van der Waals surface area (Å²) in [5, 5.41) is 2.56. The van der Waals surface area contributed by atoms with Crippen molar-refractivity contribution in [2.45, 2.75) is 22.8 Å². The van der Waals surface area contributed by atoms with Gasteiger partial charge in [-0.15, -0.1) is 0 Å². The summed E-state index contributed by atoms with van der Waals surface area (Å²) in [4.78, 5) is 25.4. The van der Waals surface area contributed by atoms with Gasteiger partial charge in [-0.3, -0.25) is 9.10 Å². The van der Waals surface area contributed by atoms with Gasteiger partial charge in [0.1, 0.15) is 0 Å². The molecule has 1 aliphatic heterocycles. The standard InChI is InChI=1S/C27H29N3O8S2/c1-20(26(31)28-22-9-7-13-25(19-22)40(35,36)30-14-16-37-17-15-30)38-27(32)21-8-6-12-24(18-21)39(33,34)29(2)23-10-4-3-5-11-23/h3-13,18-20H,14-17H2,1-2H3,(H,28,31). The number of sulfonamides is 2. The average molecular weight is 588 g/mol. The molecule has 1 saturated heterocycles. The van der Waals surface area contributed by atoms with Crippen LogP contribution in [0.5, 0.6) is 0 Å². The summed E-state index contributed by atoms with van der Waals surface area (Å²) in [7, 11) is -6.34. The molecule has 0 spiro atoms. The molecule has 3 aromatic carbocycles. The van der Waals surface area contributed by atoms with Crippen molar-refractivity contribution in [3.63, 3.8) is 0 Å². The van der Waals surface area contributed by atoms with Gasteiger partial charge in [-0.1, -0.05) is 30.3 Å². The van der Waals surface area contributed by atoms with Gasteiger partial charge >= 0.3 is 5.97 Å². The SMILES string of the molecule is CC(OC(=O)c1cccc(S(=O)(=O)N(C)c2ccccc2)c1)C(=O)Nc1cccc(S(=O)(=O)N2CCOCC2)c1. The largest absolute Gasteiger partial charge is 0.449 e. The number of hydrogen-bond acceptors (Lipinski definition) is 8. The van der Waals surface area contributed by atoms with Crippen molar-refractivity contribution in [2.75, 3.05) is 43.0 Å². The van der Waals surface area contributed by atoms with Crippen molar-refractivity contribution in [3.8, 4) is 0 Å². The van der Waals surface area contributed by atoms with Crippen LogP contribution in [0.15, 0.2) is 88.7 Å². The Kier molecular flexibility index (Phi) is 8.88. The zero-order chi connectivity index (χ0) is 28.9. The molecule has 0 bridgehead atoms. The van der Waals surface area contributed by atoms with Crippen LogP contribution in [0, 0.1) is 0 Å². The number of benzene rings is 3. The Labute approximate surface area is 233 Å². The lowest BCUT2D eigenvalue weighted by Gasteiger charge is -2.26. The molecular formula is C27H29N3O8S2. The van der Waals surface area contributed by atoms with Crippen LogP contribution in [0.3, 0.4) is 0 Å². The third-order valence-corrected chi connectivity index (χ3v) is 9.89. The van der Waals surface area contributed by atoms with Crippen LogP contribution in [0.25, 0.3) is 0 Å². The van der Waals surface area contributed by atoms with E-state index in [4.69, 9.17) is 9.47 Å². The molecule has 0 aliphatic carbocycles. The number of carbonyl (C=O) groups is 2. The van der Waals surface area contributed by atoms with E-state index in [-0.39, 0.29) is 34.1 Å². The lowest BCUT2D eigenvalue weighted by molar-refractivity contribution is -0.123. The van der Waals surface area contributed by atoms with Gasteiger partial charge in [0, 0.05) is 25.8 Å². The maximum Gasteiger partial charge on any atom is 0.338 e. The Bertz CT molecular complexity index is 1590. The van der Waals surface area contributed by atoms with Crippen LogP contribution in [-0.2, 0) is 34.3 Å². The van der Waals surface area contributed by atoms with E-state index in [0.29, 0.717) is 18.9 Å². The molecule has 0 saturated carbocycles. The third-order valence-electron chi connectivity index (χ3n) is 6.21. The number of ether oxygens (including phenoxy) is 2. The van der Waals surface area contributed by atoms with Gasteiger partial charge in [-0.25, -0.2) is 21.6 Å². The average Bonchev–Trinajstić information content (AvgIpc) is 2.97. The second-order valence-corrected chi connectivity index (χ2v) is 12.8. The first-order chi connectivity index (χ1) is 19.0. The van der Waals surface area contributed by atoms with Crippen molar-refractivity contribution in [3.05, 3.63) is 84.4 Å². The topological polar surface area (TPSA) is 139 Å². The molecule has 11 nitrogen and oxygen atoms in total. The second kappa shape index (κ2) is 12.2. The number of hydrogen-bond donors (Lipinski definition) is 1. The minimum atomic E-state index is -3.97. The fourth-order valence-corrected chi connectivity index (χ4v) is 6.61. The van der Waals surface area contributed by atoms with Crippen molar-refractivity contribution >= 4 is 43.3 Å². The molecule has 13 heteroatoms. The molecular weight excluding hydrogens is 558 g/mol. The zero-order valence-corrected chi connectivity index (χ0v) is 23.5. The molecule has 212 valence electrons. The molecule has 3 aromatic rings. The second-order valence-electron chi connectivity index (χ2n) is 8.92. The summed E-state index contributed by atoms with van der Waals surface area (Å²) in [6.07, 6.45) is -1.26. The summed E-state index contributed by atoms with van der Waals surface area (Å²) in [5.74, 6) is -1.59. The molecule has 1 unspecified atom stereocenters. The quantitative estimate of drug-likeness (QED) is 0.377. The van der Waals surface area contributed by atoms with Crippen molar-refractivity contribution in [1.82, 2.24) is 4.31 Å². The van der Waals surface area contributed by atoms with E-state index in [1.54, 1.807) is 30.3 Å². The van der Waals surface area contributed by atoms with Crippen LogP contribution in [0.1, 0.15) is 17.3 Å². The molecule has 1 fully saturated rings. The number of carbonyl (C=O) groups excluding carboxylic acids is 2. The van der Waals surface area contributed by atoms with E-state index >= 15 is 0 Å². The molecule has 1 heterocycles. The number of rotatable bonds is 9. The van der Waals surface area contributed by atoms with Crippen molar-refractivity contribution < 1.29 is 35.9 Å². The normalized spacial score (nSPS) is 15.2. The van der Waals surface area contributed by atoms with Gasteiger partial charge in [-0.05, 0) is 55.5 Å². The number of morpholine rings is 1. The summed E-state index contributed by atoms with van der Waals surface area (Å²) < 4.78 is 64.9. The maximum atomic E-state index is 13.1. The highest BCUT2D eigenvalue weighted by atomic mass is 32.2. The van der Waals surface area contributed by atoms with E-state index in [0.717, 1.165) is 4.31 Å². The number of esters is 1. The highest BCUT2D eigenvalue weighted by Crippen LogP contribution is 2.23. The molecule has 40 heavy (non-hydrogen) atoms. The highest BCUT2D eigenvalue weighted by Gasteiger charge is 2.27. The Morgan fingerprint density at radius 1 is 0.900 bits per heavy atom. The molecule has 1 N–H and O–H groups in total. The minimum Gasteiger partial charge on any atom is -0.449 e. The Balaban J connectivity index is 1.43. The van der Waals surface area contributed by atoms with Gasteiger partial charge in [0.05, 0.1) is 34.3 Å². The maximum absolute atomic E-state index is 13.1. The van der Waals surface area contributed by atoms with Gasteiger partial charge in [0.25, 0.3) is 15.9 Å². The van der Waals surface area contributed by atoms with Gasteiger partial charge < -0.3 is 14.8 Å². The van der Waals surface area contributed by atoms with Gasteiger partial charge in [-0.2, -0.15) is 4.31 Å². The Morgan fingerprint density at radius 2 is 1.55 bits per heavy atom. The molecule has 0 radical (unpaired) electrons. The fraction of sp³-hybridized carbons (Fsp3) is 0.259. The van der Waals surface area contributed by atoms with Gasteiger partial charge in [0.15, 0.2) is 6.10 Å². The van der Waals surface area contributed by atoms with Crippen LogP contribution in [0.4, 0.5) is 11.4 Å². The van der Waals surface area contributed by atoms with Crippen LogP contribution in [-0.4, -0.2) is 72.5 Å². The summed E-state index contributed by atoms with van der Waals surface area (Å²) in [5.41, 5.74) is 0.600. The van der Waals surface area contributed by atoms with Crippen molar-refractivity contribution in [2.24, 2.45) is 0 Å². The Morgan fingerprint density at radius 3 is 2.25 bits per heavy atom. The number of nitrogens with one attached hydrogen (secondary N) is 1. The lowest BCUT2D eigenvalue weighted by Crippen LogP contribution is -2.40. The summed E-state index contributed by atoms with van der Waals surface area (Å²) >= 11 is 0. The zero-order valence-electron chi connectivity index (χ0n) is 21.9. The number of amides is 1. The number of para-hydroxylation sites is 1. The smallest absolute Gasteiger partial charge is 0.338 e. The third kappa shape index (κ3) is 6.50. The summed E-state index contributed by atoms with van der Waals surface area (Å²) in [6, 6.07) is 19.6. The van der Waals surface area contributed by atoms with Crippen LogP contribution >= 0.6 is 0 Å². The van der Waals surface area contributed by atoms with Crippen molar-refractivity contribution in [1.29, 1.82) is 0 Å². The molecule has 4 rings (SSSR count). The minimum absolute atomic E-state index is 0.00958. The lowest BCUT2D eigenvalue weighted by atomic mass is 10.2. The Hall–Kier alpha value is -3.78. The molecule has 1 aliphatic rings. The monoisotopic (exact) mass is 587 g/mol. The molecule has 0 aromatic heterocycles. The first-order valence-electron chi connectivity index (χ1n) is 12.3. The summed E-state index contributed by atoms with van der Waals surface area (Å²) in [6.45, 7) is 2.42. The first-order valence-corrected chi connectivity index (χ1v) is 15.2. The van der Waals surface area contributed by atoms with E-state index in [1.165, 1.54) is 66.8 Å². The predicted octanol–water partition coefficient (Wildman–Crippen LogP) is 2.72. The van der Waals surface area contributed by atoms with Crippen LogP contribution < -0.4 is 9.62 Å². The molecule has 1 atom stereocenters. The fourth-order valence-electron chi connectivity index (χ4n) is 3.91. The van der Waals surface area contributed by atoms with Crippen LogP contribution in [0.2, 0.25) is 0 Å². The molecule has 1 amide bonds.